The maximum absolute atomic E-state index is 11.9. The van der Waals surface area contributed by atoms with E-state index in [-0.39, 0.29) is 11.9 Å². The van der Waals surface area contributed by atoms with Crippen LogP contribution in [0.5, 0.6) is 0 Å². The topological polar surface area (TPSA) is 33.2 Å². The molecule has 1 aromatic heterocycles. The zero-order valence-electron chi connectivity index (χ0n) is 9.10. The van der Waals surface area contributed by atoms with Crippen LogP contribution < -0.4 is 0 Å². The fraction of sp³-hybridized carbons (Fsp3) is 0.500. The van der Waals surface area contributed by atoms with Gasteiger partial charge in [-0.05, 0) is 24.5 Å². The van der Waals surface area contributed by atoms with Gasteiger partial charge in [0.1, 0.15) is 0 Å². The monoisotopic (exact) mass is 238 g/mol. The number of likely N-dealkylation sites (tertiary alicyclic amines) is 1. The van der Waals surface area contributed by atoms with Crippen LogP contribution in [0.3, 0.4) is 0 Å². The lowest BCUT2D eigenvalue weighted by atomic mass is 10.1. The van der Waals surface area contributed by atoms with Crippen LogP contribution in [0.1, 0.15) is 30.9 Å². The van der Waals surface area contributed by atoms with Crippen molar-refractivity contribution >= 4 is 17.5 Å². The summed E-state index contributed by atoms with van der Waals surface area (Å²) < 4.78 is 0. The van der Waals surface area contributed by atoms with E-state index in [0.717, 1.165) is 24.9 Å². The Hall–Kier alpha value is -1.09. The van der Waals surface area contributed by atoms with Gasteiger partial charge >= 0.3 is 0 Å². The molecular formula is C12H15ClN2O. The van der Waals surface area contributed by atoms with Crippen molar-refractivity contribution in [2.45, 2.75) is 25.3 Å². The molecule has 0 N–H and O–H groups in total. The van der Waals surface area contributed by atoms with Gasteiger partial charge in [0.05, 0.1) is 6.04 Å². The Morgan fingerprint density at radius 1 is 1.62 bits per heavy atom. The molecule has 1 saturated heterocycles. The van der Waals surface area contributed by atoms with E-state index < -0.39 is 0 Å². The van der Waals surface area contributed by atoms with Gasteiger partial charge in [0.2, 0.25) is 5.91 Å². The molecule has 0 spiro atoms. The number of aromatic nitrogens is 1. The summed E-state index contributed by atoms with van der Waals surface area (Å²) in [4.78, 5) is 17.9. The van der Waals surface area contributed by atoms with Crippen LogP contribution in [0.4, 0.5) is 0 Å². The summed E-state index contributed by atoms with van der Waals surface area (Å²) in [6, 6.07) is 4.14. The van der Waals surface area contributed by atoms with E-state index in [1.54, 1.807) is 6.20 Å². The second kappa shape index (κ2) is 5.30. The van der Waals surface area contributed by atoms with Gasteiger partial charge in [-0.25, -0.2) is 0 Å². The molecule has 1 atom stereocenters. The molecule has 0 bridgehead atoms. The first-order valence-corrected chi connectivity index (χ1v) is 6.11. The van der Waals surface area contributed by atoms with Gasteiger partial charge in [-0.3, -0.25) is 9.78 Å². The van der Waals surface area contributed by atoms with Gasteiger partial charge in [0.15, 0.2) is 0 Å². The highest BCUT2D eigenvalue weighted by Gasteiger charge is 2.29. The van der Waals surface area contributed by atoms with Crippen molar-refractivity contribution in [3.05, 3.63) is 30.1 Å². The molecule has 0 aromatic carbocycles. The van der Waals surface area contributed by atoms with Gasteiger partial charge in [0.25, 0.3) is 0 Å². The molecule has 4 heteroatoms. The molecule has 1 aliphatic rings. The van der Waals surface area contributed by atoms with Crippen LogP contribution >= 0.6 is 11.6 Å². The van der Waals surface area contributed by atoms with E-state index >= 15 is 0 Å². The average Bonchev–Trinajstić information content (AvgIpc) is 2.79. The van der Waals surface area contributed by atoms with Crippen molar-refractivity contribution in [3.8, 4) is 0 Å². The number of hydrogen-bond acceptors (Lipinski definition) is 2. The van der Waals surface area contributed by atoms with Crippen molar-refractivity contribution in [3.63, 3.8) is 0 Å². The molecule has 1 amide bonds. The highest BCUT2D eigenvalue weighted by atomic mass is 35.5. The fourth-order valence-electron chi connectivity index (χ4n) is 2.21. The molecule has 2 rings (SSSR count). The first-order valence-electron chi connectivity index (χ1n) is 5.58. The second-order valence-corrected chi connectivity index (χ2v) is 4.35. The maximum Gasteiger partial charge on any atom is 0.224 e. The zero-order chi connectivity index (χ0) is 11.4. The SMILES string of the molecule is O=C(CCCl)N1CCC[C@@H]1c1cccnc1. The minimum absolute atomic E-state index is 0.154. The number of rotatable bonds is 3. The number of carbonyl (C=O) groups is 1. The lowest BCUT2D eigenvalue weighted by Gasteiger charge is -2.24. The van der Waals surface area contributed by atoms with E-state index in [1.165, 1.54) is 0 Å². The molecule has 1 aromatic rings. The molecule has 2 heterocycles. The quantitative estimate of drug-likeness (QED) is 0.758. The van der Waals surface area contributed by atoms with E-state index in [1.807, 2.05) is 23.2 Å². The Balaban J connectivity index is 2.12. The summed E-state index contributed by atoms with van der Waals surface area (Å²) in [6.45, 7) is 0.843. The molecule has 1 aliphatic heterocycles. The van der Waals surface area contributed by atoms with Crippen LogP contribution in [0.2, 0.25) is 0 Å². The first-order chi connectivity index (χ1) is 7.83. The van der Waals surface area contributed by atoms with E-state index in [0.29, 0.717) is 12.3 Å². The third kappa shape index (κ3) is 2.35. The largest absolute Gasteiger partial charge is 0.336 e. The van der Waals surface area contributed by atoms with E-state index in [2.05, 4.69) is 4.98 Å². The summed E-state index contributed by atoms with van der Waals surface area (Å²) in [6.07, 6.45) is 6.12. The summed E-state index contributed by atoms with van der Waals surface area (Å²) in [7, 11) is 0. The number of carbonyl (C=O) groups excluding carboxylic acids is 1. The van der Waals surface area contributed by atoms with Gasteiger partial charge in [-0.1, -0.05) is 6.07 Å². The number of halogens is 1. The van der Waals surface area contributed by atoms with Gasteiger partial charge in [-0.15, -0.1) is 11.6 Å². The Morgan fingerprint density at radius 3 is 3.19 bits per heavy atom. The molecule has 3 nitrogen and oxygen atoms in total. The molecule has 0 saturated carbocycles. The fourth-order valence-corrected chi connectivity index (χ4v) is 2.37. The summed E-state index contributed by atoms with van der Waals surface area (Å²) >= 11 is 5.61. The molecule has 0 aliphatic carbocycles. The normalized spacial score (nSPS) is 20.1. The van der Waals surface area contributed by atoms with Crippen molar-refractivity contribution < 1.29 is 4.79 Å². The minimum Gasteiger partial charge on any atom is -0.336 e. The maximum atomic E-state index is 11.9. The third-order valence-electron chi connectivity index (χ3n) is 2.95. The second-order valence-electron chi connectivity index (χ2n) is 3.97. The summed E-state index contributed by atoms with van der Waals surface area (Å²) in [5.41, 5.74) is 1.13. The molecule has 16 heavy (non-hydrogen) atoms. The third-order valence-corrected chi connectivity index (χ3v) is 3.14. The van der Waals surface area contributed by atoms with Crippen LogP contribution in [-0.4, -0.2) is 28.2 Å². The van der Waals surface area contributed by atoms with Crippen molar-refractivity contribution in [2.75, 3.05) is 12.4 Å². The first kappa shape index (κ1) is 11.4. The molecule has 86 valence electrons. The Morgan fingerprint density at radius 2 is 2.50 bits per heavy atom. The predicted molar refractivity (Wildman–Crippen MR) is 63.3 cm³/mol. The van der Waals surface area contributed by atoms with Gasteiger partial charge in [-0.2, -0.15) is 0 Å². The van der Waals surface area contributed by atoms with Crippen molar-refractivity contribution in [1.82, 2.24) is 9.88 Å². The van der Waals surface area contributed by atoms with E-state index in [9.17, 15) is 4.79 Å². The van der Waals surface area contributed by atoms with E-state index in [4.69, 9.17) is 11.6 Å². The smallest absolute Gasteiger partial charge is 0.224 e. The molecule has 1 fully saturated rings. The van der Waals surface area contributed by atoms with Crippen LogP contribution in [0.15, 0.2) is 24.5 Å². The average molecular weight is 239 g/mol. The van der Waals surface area contributed by atoms with Crippen LogP contribution in [0.25, 0.3) is 0 Å². The number of pyridine rings is 1. The standard InChI is InChI=1S/C12H15ClN2O/c13-6-5-12(16)15-8-2-4-11(15)10-3-1-7-14-9-10/h1,3,7,9,11H,2,4-6,8H2/t11-/m1/s1. The van der Waals surface area contributed by atoms with Crippen LogP contribution in [-0.2, 0) is 4.79 Å². The number of hydrogen-bond donors (Lipinski definition) is 0. The number of nitrogens with zero attached hydrogens (tertiary/aromatic N) is 2. The predicted octanol–water partition coefficient (Wildman–Crippen LogP) is 2.37. The molecule has 0 radical (unpaired) electrons. The number of amides is 1. The lowest BCUT2D eigenvalue weighted by molar-refractivity contribution is -0.131. The molecule has 0 unspecified atom stereocenters. The Kier molecular flexibility index (Phi) is 3.78. The zero-order valence-corrected chi connectivity index (χ0v) is 9.86. The minimum atomic E-state index is 0.154. The lowest BCUT2D eigenvalue weighted by Crippen LogP contribution is -2.30. The van der Waals surface area contributed by atoms with Crippen molar-refractivity contribution in [2.24, 2.45) is 0 Å². The summed E-state index contributed by atoms with van der Waals surface area (Å²) in [5.74, 6) is 0.552. The van der Waals surface area contributed by atoms with Gasteiger partial charge in [0, 0.05) is 31.2 Å². The highest BCUT2D eigenvalue weighted by molar-refractivity contribution is 6.18. The van der Waals surface area contributed by atoms with Gasteiger partial charge < -0.3 is 4.90 Å². The van der Waals surface area contributed by atoms with Crippen LogP contribution in [0, 0.1) is 0 Å². The highest BCUT2D eigenvalue weighted by Crippen LogP contribution is 2.31. The number of alkyl halides is 1. The Bertz CT molecular complexity index is 355. The van der Waals surface area contributed by atoms with Crippen molar-refractivity contribution in [1.29, 1.82) is 0 Å². The molecular weight excluding hydrogens is 224 g/mol. The Labute approximate surface area is 100 Å². The summed E-state index contributed by atoms with van der Waals surface area (Å²) in [5, 5.41) is 0.